The topological polar surface area (TPSA) is 75.9 Å². The molecule has 1 heterocycles. The molecule has 0 fully saturated rings. The maximum atomic E-state index is 12.0. The van der Waals surface area contributed by atoms with Crippen molar-refractivity contribution in [2.75, 3.05) is 6.26 Å². The van der Waals surface area contributed by atoms with Crippen LogP contribution < -0.4 is 0 Å². The first-order chi connectivity index (χ1) is 8.49. The van der Waals surface area contributed by atoms with E-state index >= 15 is 0 Å². The van der Waals surface area contributed by atoms with Gasteiger partial charge in [0.1, 0.15) is 5.71 Å². The van der Waals surface area contributed by atoms with E-state index in [9.17, 15) is 13.8 Å². The Balaban J connectivity index is 2.31. The van der Waals surface area contributed by atoms with Gasteiger partial charge in [0.05, 0.1) is 5.71 Å². The molecule has 1 aliphatic rings. The molecule has 0 saturated heterocycles. The van der Waals surface area contributed by atoms with Crippen LogP contribution in [0.3, 0.4) is 0 Å². The van der Waals surface area contributed by atoms with Crippen molar-refractivity contribution >= 4 is 34.0 Å². The van der Waals surface area contributed by atoms with Gasteiger partial charge in [-0.15, -0.1) is 0 Å². The number of nitrogens with zero attached hydrogens (tertiary/aromatic N) is 2. The number of Topliss-reactive ketones (excluding diaryl/α,β-unsaturated/α-hetero) is 1. The molecule has 1 unspecified atom stereocenters. The number of carbonyl (C=O) groups is 2. The quantitative estimate of drug-likeness (QED) is 0.777. The maximum Gasteiger partial charge on any atom is 0.368 e. The van der Waals surface area contributed by atoms with Gasteiger partial charge >= 0.3 is 6.03 Å². The van der Waals surface area contributed by atoms with Crippen molar-refractivity contribution in [2.24, 2.45) is 9.98 Å². The zero-order valence-corrected chi connectivity index (χ0v) is 10.7. The van der Waals surface area contributed by atoms with Gasteiger partial charge in [-0.2, -0.15) is 9.98 Å². The van der Waals surface area contributed by atoms with Crippen LogP contribution in [0.1, 0.15) is 17.3 Å². The lowest BCUT2D eigenvalue weighted by atomic mass is 10.0. The number of carbonyl (C=O) groups excluding carboxylic acids is 2. The molecule has 0 N–H and O–H groups in total. The summed E-state index contributed by atoms with van der Waals surface area (Å²) in [5.74, 6) is -0.351. The molecule has 0 aromatic heterocycles. The van der Waals surface area contributed by atoms with Crippen molar-refractivity contribution < 1.29 is 13.8 Å². The van der Waals surface area contributed by atoms with Crippen LogP contribution in [0.4, 0.5) is 4.79 Å². The van der Waals surface area contributed by atoms with E-state index in [2.05, 4.69) is 9.98 Å². The fourth-order valence-electron chi connectivity index (χ4n) is 1.55. The van der Waals surface area contributed by atoms with Crippen LogP contribution in [0.2, 0.25) is 0 Å². The Morgan fingerprint density at radius 2 is 1.78 bits per heavy atom. The molecule has 6 heteroatoms. The number of urea groups is 1. The Morgan fingerprint density at radius 1 is 1.17 bits per heavy atom. The first kappa shape index (κ1) is 12.5. The average molecular weight is 262 g/mol. The third-order valence-electron chi connectivity index (χ3n) is 2.48. The Bertz CT molecular complexity index is 615. The van der Waals surface area contributed by atoms with E-state index in [-0.39, 0.29) is 11.5 Å². The summed E-state index contributed by atoms with van der Waals surface area (Å²) in [5, 5.41) is 0. The van der Waals surface area contributed by atoms with Crippen LogP contribution in [0.25, 0.3) is 0 Å². The standard InChI is InChI=1S/C12H10N2O3S/c1-7-10(14-12(16)13-7)11(15)8-3-5-9(6-4-8)18(2)17/h3-6H,1-2H3. The van der Waals surface area contributed by atoms with Gasteiger partial charge in [0.15, 0.2) is 0 Å². The van der Waals surface area contributed by atoms with E-state index in [0.717, 1.165) is 0 Å². The van der Waals surface area contributed by atoms with Crippen LogP contribution in [0, 0.1) is 0 Å². The largest absolute Gasteiger partial charge is 0.368 e. The number of hydrogen-bond acceptors (Lipinski definition) is 3. The molecular formula is C12H10N2O3S. The molecule has 2 rings (SSSR count). The van der Waals surface area contributed by atoms with Crippen LogP contribution in [-0.2, 0) is 10.8 Å². The predicted octanol–water partition coefficient (Wildman–Crippen LogP) is 1.64. The van der Waals surface area contributed by atoms with Crippen LogP contribution in [0.5, 0.6) is 0 Å². The molecule has 0 spiro atoms. The van der Waals surface area contributed by atoms with Gasteiger partial charge in [0, 0.05) is 27.5 Å². The van der Waals surface area contributed by atoms with Crippen LogP contribution in [0.15, 0.2) is 39.1 Å². The first-order valence-electron chi connectivity index (χ1n) is 5.15. The van der Waals surface area contributed by atoms with E-state index in [1.165, 1.54) is 0 Å². The van der Waals surface area contributed by atoms with Gasteiger partial charge in [0.25, 0.3) is 0 Å². The molecule has 18 heavy (non-hydrogen) atoms. The second-order valence-electron chi connectivity index (χ2n) is 3.75. The lowest BCUT2D eigenvalue weighted by Gasteiger charge is -2.01. The van der Waals surface area contributed by atoms with E-state index in [1.807, 2.05) is 0 Å². The van der Waals surface area contributed by atoms with Crippen molar-refractivity contribution in [3.05, 3.63) is 29.8 Å². The summed E-state index contributed by atoms with van der Waals surface area (Å²) < 4.78 is 11.2. The molecule has 0 radical (unpaired) electrons. The number of rotatable bonds is 3. The third kappa shape index (κ3) is 2.33. The molecule has 1 atom stereocenters. The van der Waals surface area contributed by atoms with Crippen molar-refractivity contribution in [3.63, 3.8) is 0 Å². The van der Waals surface area contributed by atoms with E-state index in [1.54, 1.807) is 37.4 Å². The lowest BCUT2D eigenvalue weighted by Crippen LogP contribution is -2.19. The molecule has 1 aliphatic heterocycles. The van der Waals surface area contributed by atoms with Gasteiger partial charge in [0.2, 0.25) is 5.78 Å². The highest BCUT2D eigenvalue weighted by molar-refractivity contribution is 7.84. The summed E-state index contributed by atoms with van der Waals surface area (Å²) in [7, 11) is -1.08. The minimum absolute atomic E-state index is 0.0744. The molecular weight excluding hydrogens is 252 g/mol. The Morgan fingerprint density at radius 3 is 2.22 bits per heavy atom. The maximum absolute atomic E-state index is 12.0. The molecule has 0 saturated carbocycles. The smallest absolute Gasteiger partial charge is 0.287 e. The fourth-order valence-corrected chi connectivity index (χ4v) is 2.07. The van der Waals surface area contributed by atoms with Crippen molar-refractivity contribution in [1.29, 1.82) is 0 Å². The summed E-state index contributed by atoms with van der Waals surface area (Å²) in [6, 6.07) is 5.72. The second-order valence-corrected chi connectivity index (χ2v) is 5.13. The molecule has 5 nitrogen and oxygen atoms in total. The number of benzene rings is 1. The molecule has 0 aliphatic carbocycles. The highest BCUT2D eigenvalue weighted by Gasteiger charge is 2.23. The molecule has 0 bridgehead atoms. The predicted molar refractivity (Wildman–Crippen MR) is 69.0 cm³/mol. The molecule has 1 aromatic carbocycles. The fraction of sp³-hybridized carbons (Fsp3) is 0.167. The lowest BCUT2D eigenvalue weighted by molar-refractivity contribution is 0.106. The third-order valence-corrected chi connectivity index (χ3v) is 3.41. The Kier molecular flexibility index (Phi) is 3.29. The highest BCUT2D eigenvalue weighted by Crippen LogP contribution is 2.11. The number of ketones is 1. The molecule has 1 aromatic rings. The minimum Gasteiger partial charge on any atom is -0.287 e. The van der Waals surface area contributed by atoms with Crippen molar-refractivity contribution in [1.82, 2.24) is 0 Å². The van der Waals surface area contributed by atoms with Crippen LogP contribution in [-0.4, -0.2) is 33.7 Å². The molecule has 92 valence electrons. The van der Waals surface area contributed by atoms with E-state index in [4.69, 9.17) is 0 Å². The molecule has 2 amide bonds. The Hall–Kier alpha value is -1.95. The van der Waals surface area contributed by atoms with E-state index in [0.29, 0.717) is 16.2 Å². The summed E-state index contributed by atoms with van der Waals surface area (Å²) in [6.45, 7) is 1.57. The Labute approximate surface area is 106 Å². The van der Waals surface area contributed by atoms with Crippen molar-refractivity contribution in [2.45, 2.75) is 11.8 Å². The number of aliphatic imine (C=N–C) groups is 2. The summed E-state index contributed by atoms with van der Waals surface area (Å²) in [4.78, 5) is 30.8. The van der Waals surface area contributed by atoms with Gasteiger partial charge < -0.3 is 0 Å². The number of amides is 2. The zero-order valence-electron chi connectivity index (χ0n) is 9.84. The van der Waals surface area contributed by atoms with Gasteiger partial charge in [-0.3, -0.25) is 9.00 Å². The van der Waals surface area contributed by atoms with Crippen molar-refractivity contribution in [3.8, 4) is 0 Å². The average Bonchev–Trinajstić information content (AvgIpc) is 2.67. The summed E-state index contributed by atoms with van der Waals surface area (Å²) in [6.07, 6.45) is 1.56. The summed E-state index contributed by atoms with van der Waals surface area (Å²) >= 11 is 0. The second kappa shape index (κ2) is 4.73. The highest BCUT2D eigenvalue weighted by atomic mass is 32.2. The number of hydrogen-bond donors (Lipinski definition) is 0. The van der Waals surface area contributed by atoms with E-state index < -0.39 is 16.8 Å². The summed E-state index contributed by atoms with van der Waals surface area (Å²) in [5.41, 5.74) is 0.797. The van der Waals surface area contributed by atoms with Gasteiger partial charge in [-0.05, 0) is 31.2 Å². The van der Waals surface area contributed by atoms with Gasteiger partial charge in [-0.25, -0.2) is 4.79 Å². The van der Waals surface area contributed by atoms with Gasteiger partial charge in [-0.1, -0.05) is 0 Å². The monoisotopic (exact) mass is 262 g/mol. The normalized spacial score (nSPS) is 16.2. The SMILES string of the molecule is CC1=NC(=O)N=C1C(=O)c1ccc(S(C)=O)cc1. The first-order valence-corrected chi connectivity index (χ1v) is 6.71. The van der Waals surface area contributed by atoms with Crippen LogP contribution >= 0.6 is 0 Å². The minimum atomic E-state index is -1.08. The zero-order chi connectivity index (χ0) is 13.3.